The molecule has 1 unspecified atom stereocenters. The fraction of sp³-hybridized carbons (Fsp3) is 0.435. The van der Waals surface area contributed by atoms with Gasteiger partial charge < -0.3 is 10.2 Å². The molecule has 1 fully saturated rings. The highest BCUT2D eigenvalue weighted by Gasteiger charge is 2.28. The highest BCUT2D eigenvalue weighted by molar-refractivity contribution is 5.94. The number of piperazine rings is 1. The molecule has 29 heavy (non-hydrogen) atoms. The fourth-order valence-corrected chi connectivity index (χ4v) is 4.36. The Morgan fingerprint density at radius 1 is 1.07 bits per heavy atom. The van der Waals surface area contributed by atoms with Gasteiger partial charge in [0.2, 0.25) is 0 Å². The lowest BCUT2D eigenvalue weighted by molar-refractivity contribution is 0.0947. The first-order valence-electron chi connectivity index (χ1n) is 10.3. The Morgan fingerprint density at radius 2 is 1.86 bits per heavy atom. The summed E-state index contributed by atoms with van der Waals surface area (Å²) >= 11 is 0. The van der Waals surface area contributed by atoms with Crippen LogP contribution in [0.15, 0.2) is 36.4 Å². The van der Waals surface area contributed by atoms with E-state index in [0.29, 0.717) is 17.2 Å². The molecular weight excluding hydrogens is 372 g/mol. The van der Waals surface area contributed by atoms with Crippen molar-refractivity contribution in [3.05, 3.63) is 70.3 Å². The van der Waals surface area contributed by atoms with Crippen LogP contribution in [0.25, 0.3) is 0 Å². The Morgan fingerprint density at radius 3 is 2.62 bits per heavy atom. The normalized spacial score (nSPS) is 20.3. The number of fused-ring (bicyclic) bond motifs is 1. The molecule has 2 aromatic rings. The molecule has 1 N–H and O–H groups in total. The number of hydrogen-bond donors (Lipinski definition) is 1. The van der Waals surface area contributed by atoms with Gasteiger partial charge in [0, 0.05) is 44.3 Å². The summed E-state index contributed by atoms with van der Waals surface area (Å²) < 4.78 is 26.4. The van der Waals surface area contributed by atoms with Gasteiger partial charge in [-0.15, -0.1) is 0 Å². The molecule has 1 aliphatic carbocycles. The number of benzene rings is 2. The van der Waals surface area contributed by atoms with Crippen LogP contribution in [0.3, 0.4) is 0 Å². The molecule has 1 atom stereocenters. The van der Waals surface area contributed by atoms with Gasteiger partial charge in [-0.05, 0) is 67.3 Å². The molecule has 154 valence electrons. The van der Waals surface area contributed by atoms with Crippen LogP contribution < -0.4 is 5.32 Å². The van der Waals surface area contributed by atoms with Gasteiger partial charge in [-0.2, -0.15) is 0 Å². The second kappa shape index (κ2) is 8.59. The van der Waals surface area contributed by atoms with Gasteiger partial charge in [-0.3, -0.25) is 9.69 Å². The minimum atomic E-state index is -0.902. The van der Waals surface area contributed by atoms with E-state index >= 15 is 0 Å². The van der Waals surface area contributed by atoms with Crippen LogP contribution in [0.2, 0.25) is 0 Å². The smallest absolute Gasteiger partial charge is 0.251 e. The topological polar surface area (TPSA) is 35.6 Å². The Bertz CT molecular complexity index is 894. The number of likely N-dealkylation sites (N-methyl/N-ethyl adjacent to an activating group) is 1. The molecule has 4 nitrogen and oxygen atoms in total. The summed E-state index contributed by atoms with van der Waals surface area (Å²) in [4.78, 5) is 17.6. The molecule has 1 heterocycles. The standard InChI is InChI=1S/C23H27F2N3O/c1-27-9-11-28(12-10-27)22-4-2-3-17-6-7-18(14-19(17)22)23(29)26-15-16-5-8-20(24)21(25)13-16/h5-8,13-14,22H,2-4,9-12,15H2,1H3,(H,26,29). The van der Waals surface area contributed by atoms with Crippen molar-refractivity contribution >= 4 is 5.91 Å². The van der Waals surface area contributed by atoms with Crippen molar-refractivity contribution in [3.8, 4) is 0 Å². The number of nitrogens with one attached hydrogen (secondary N) is 1. The van der Waals surface area contributed by atoms with Crippen molar-refractivity contribution in [2.24, 2.45) is 0 Å². The number of aryl methyl sites for hydroxylation is 1. The van der Waals surface area contributed by atoms with Crippen LogP contribution in [0, 0.1) is 11.6 Å². The van der Waals surface area contributed by atoms with Crippen LogP contribution in [0.4, 0.5) is 8.78 Å². The third-order valence-corrected chi connectivity index (χ3v) is 6.11. The summed E-state index contributed by atoms with van der Waals surface area (Å²) in [5.41, 5.74) is 3.75. The SMILES string of the molecule is CN1CCN(C2CCCc3ccc(C(=O)NCc4ccc(F)c(F)c4)cc32)CC1. The average Bonchev–Trinajstić information content (AvgIpc) is 2.74. The minimum absolute atomic E-state index is 0.162. The van der Waals surface area contributed by atoms with Crippen molar-refractivity contribution in [1.29, 1.82) is 0 Å². The van der Waals surface area contributed by atoms with Gasteiger partial charge in [0.1, 0.15) is 0 Å². The number of hydrogen-bond acceptors (Lipinski definition) is 3. The highest BCUT2D eigenvalue weighted by atomic mass is 19.2. The summed E-state index contributed by atoms with van der Waals surface area (Å²) in [5.74, 6) is -1.98. The van der Waals surface area contributed by atoms with Gasteiger partial charge in [0.15, 0.2) is 11.6 Å². The van der Waals surface area contributed by atoms with Crippen LogP contribution in [-0.4, -0.2) is 48.9 Å². The molecule has 0 aromatic heterocycles. The summed E-state index contributed by atoms with van der Waals surface area (Å²) in [6.07, 6.45) is 3.35. The number of halogens is 2. The molecule has 2 aliphatic rings. The van der Waals surface area contributed by atoms with Gasteiger partial charge in [-0.25, -0.2) is 8.78 Å². The van der Waals surface area contributed by atoms with Gasteiger partial charge in [0.05, 0.1) is 0 Å². The van der Waals surface area contributed by atoms with E-state index in [1.165, 1.54) is 23.6 Å². The second-order valence-corrected chi connectivity index (χ2v) is 8.09. The average molecular weight is 399 g/mol. The van der Waals surface area contributed by atoms with Gasteiger partial charge >= 0.3 is 0 Å². The van der Waals surface area contributed by atoms with Crippen molar-refractivity contribution in [2.45, 2.75) is 31.8 Å². The van der Waals surface area contributed by atoms with E-state index in [0.717, 1.165) is 51.2 Å². The van der Waals surface area contributed by atoms with Crippen molar-refractivity contribution in [2.75, 3.05) is 33.2 Å². The lowest BCUT2D eigenvalue weighted by atomic mass is 9.85. The third-order valence-electron chi connectivity index (χ3n) is 6.11. The summed E-state index contributed by atoms with van der Waals surface area (Å²) in [5, 5.41) is 2.82. The minimum Gasteiger partial charge on any atom is -0.348 e. The quantitative estimate of drug-likeness (QED) is 0.855. The fourth-order valence-electron chi connectivity index (χ4n) is 4.36. The molecule has 1 amide bonds. The molecule has 0 bridgehead atoms. The zero-order chi connectivity index (χ0) is 20.4. The van der Waals surface area contributed by atoms with Crippen LogP contribution >= 0.6 is 0 Å². The number of rotatable bonds is 4. The van der Waals surface area contributed by atoms with E-state index < -0.39 is 11.6 Å². The summed E-state index contributed by atoms with van der Waals surface area (Å²) in [7, 11) is 2.15. The van der Waals surface area contributed by atoms with Crippen LogP contribution in [-0.2, 0) is 13.0 Å². The maximum atomic E-state index is 13.4. The zero-order valence-electron chi connectivity index (χ0n) is 16.8. The summed E-state index contributed by atoms with van der Waals surface area (Å²) in [6.45, 7) is 4.40. The largest absolute Gasteiger partial charge is 0.348 e. The second-order valence-electron chi connectivity index (χ2n) is 8.09. The number of amides is 1. The third kappa shape index (κ3) is 4.49. The Hall–Kier alpha value is -2.31. The predicted octanol–water partition coefficient (Wildman–Crippen LogP) is 3.52. The van der Waals surface area contributed by atoms with E-state index in [-0.39, 0.29) is 12.5 Å². The lowest BCUT2D eigenvalue weighted by Gasteiger charge is -2.40. The molecule has 0 saturated carbocycles. The monoisotopic (exact) mass is 399 g/mol. The van der Waals surface area contributed by atoms with Crippen molar-refractivity contribution in [3.63, 3.8) is 0 Å². The van der Waals surface area contributed by atoms with E-state index in [2.05, 4.69) is 28.2 Å². The molecule has 1 saturated heterocycles. The van der Waals surface area contributed by atoms with Gasteiger partial charge in [-0.1, -0.05) is 12.1 Å². The van der Waals surface area contributed by atoms with Crippen LogP contribution in [0.5, 0.6) is 0 Å². The molecule has 0 radical (unpaired) electrons. The lowest BCUT2D eigenvalue weighted by Crippen LogP contribution is -2.46. The predicted molar refractivity (Wildman–Crippen MR) is 109 cm³/mol. The van der Waals surface area contributed by atoms with Crippen molar-refractivity contribution in [1.82, 2.24) is 15.1 Å². The van der Waals surface area contributed by atoms with E-state index in [4.69, 9.17) is 0 Å². The van der Waals surface area contributed by atoms with E-state index in [1.54, 1.807) is 0 Å². The first-order valence-corrected chi connectivity index (χ1v) is 10.3. The first-order chi connectivity index (χ1) is 14.0. The first kappa shape index (κ1) is 20.0. The van der Waals surface area contributed by atoms with Crippen LogP contribution in [0.1, 0.15) is 45.9 Å². The van der Waals surface area contributed by atoms with E-state index in [9.17, 15) is 13.6 Å². The Labute approximate surface area is 170 Å². The zero-order valence-corrected chi connectivity index (χ0v) is 16.8. The number of carbonyl (C=O) groups excluding carboxylic acids is 1. The number of carbonyl (C=O) groups is 1. The van der Waals surface area contributed by atoms with Gasteiger partial charge in [0.25, 0.3) is 5.91 Å². The molecule has 0 spiro atoms. The Balaban J connectivity index is 1.48. The summed E-state index contributed by atoms with van der Waals surface area (Å²) in [6, 6.07) is 10.0. The highest BCUT2D eigenvalue weighted by Crippen LogP contribution is 2.35. The van der Waals surface area contributed by atoms with Crippen molar-refractivity contribution < 1.29 is 13.6 Å². The molecule has 6 heteroatoms. The maximum absolute atomic E-state index is 13.4. The molecule has 4 rings (SSSR count). The molecular formula is C23H27F2N3O. The number of nitrogens with zero attached hydrogens (tertiary/aromatic N) is 2. The Kier molecular flexibility index (Phi) is 5.92. The molecule has 1 aliphatic heterocycles. The molecule has 2 aromatic carbocycles. The maximum Gasteiger partial charge on any atom is 0.251 e. The van der Waals surface area contributed by atoms with E-state index in [1.807, 2.05) is 12.1 Å².